The van der Waals surface area contributed by atoms with E-state index in [0.717, 1.165) is 6.07 Å². The van der Waals surface area contributed by atoms with Gasteiger partial charge in [0.2, 0.25) is 5.78 Å². The van der Waals surface area contributed by atoms with E-state index >= 15 is 0 Å². The van der Waals surface area contributed by atoms with Gasteiger partial charge in [0.25, 0.3) is 15.9 Å². The number of hydrogen-bond acceptors (Lipinski definition) is 10. The molecular formula is C32H29NO10S. The van der Waals surface area contributed by atoms with Crippen molar-refractivity contribution in [2.75, 3.05) is 13.2 Å². The number of Topliss-reactive ketones (excluding diaryl/α,β-unsaturated/α-hetero) is 1. The number of hydrogen-bond donors (Lipinski definition) is 0. The van der Waals surface area contributed by atoms with Gasteiger partial charge in [0.1, 0.15) is 11.5 Å². The van der Waals surface area contributed by atoms with Crippen molar-refractivity contribution >= 4 is 33.7 Å². The Balaban J connectivity index is 1.51. The van der Waals surface area contributed by atoms with Crippen LogP contribution >= 0.6 is 0 Å². The number of amides is 1. The molecule has 44 heavy (non-hydrogen) atoms. The Morgan fingerprint density at radius 2 is 1.55 bits per heavy atom. The van der Waals surface area contributed by atoms with Crippen molar-refractivity contribution in [2.24, 2.45) is 0 Å². The summed E-state index contributed by atoms with van der Waals surface area (Å²) in [5.41, 5.74) is 0.934. The second kappa shape index (κ2) is 12.3. The summed E-state index contributed by atoms with van der Waals surface area (Å²) in [6, 6.07) is 18.4. The van der Waals surface area contributed by atoms with E-state index in [4.69, 9.17) is 18.9 Å². The first kappa shape index (κ1) is 30.5. The highest BCUT2D eigenvalue weighted by molar-refractivity contribution is 7.90. The highest BCUT2D eigenvalue weighted by atomic mass is 32.2. The zero-order valence-corrected chi connectivity index (χ0v) is 24.6. The number of ether oxygens (including phenoxy) is 4. The molecule has 0 saturated carbocycles. The Hall–Kier alpha value is -4.97. The summed E-state index contributed by atoms with van der Waals surface area (Å²) in [4.78, 5) is 51.2. The van der Waals surface area contributed by atoms with Gasteiger partial charge in [-0.25, -0.2) is 22.3 Å². The zero-order chi connectivity index (χ0) is 31.5. The Labute approximate surface area is 254 Å². The van der Waals surface area contributed by atoms with Crippen molar-refractivity contribution in [1.82, 2.24) is 4.31 Å². The van der Waals surface area contributed by atoms with Crippen LogP contribution in [0.25, 0.3) is 0 Å². The molecule has 0 bridgehead atoms. The van der Waals surface area contributed by atoms with Crippen LogP contribution in [0.3, 0.4) is 0 Å². The fraction of sp³-hybridized carbons (Fsp3) is 0.250. The van der Waals surface area contributed by atoms with Crippen LogP contribution in [0.1, 0.15) is 47.7 Å². The minimum Gasteiger partial charge on any atom is -0.460 e. The Kier molecular flexibility index (Phi) is 8.54. The number of esters is 2. The summed E-state index contributed by atoms with van der Waals surface area (Å²) < 4.78 is 50.5. The fourth-order valence-electron chi connectivity index (χ4n) is 4.92. The van der Waals surface area contributed by atoms with Crippen LogP contribution in [0.4, 0.5) is 0 Å². The second-order valence-corrected chi connectivity index (χ2v) is 11.8. The number of sulfonamides is 1. The van der Waals surface area contributed by atoms with Gasteiger partial charge in [-0.2, -0.15) is 0 Å². The van der Waals surface area contributed by atoms with Crippen LogP contribution in [0.5, 0.6) is 11.5 Å². The quantitative estimate of drug-likeness (QED) is 0.127. The van der Waals surface area contributed by atoms with E-state index in [1.165, 1.54) is 12.1 Å². The molecule has 2 heterocycles. The van der Waals surface area contributed by atoms with E-state index in [-0.39, 0.29) is 34.6 Å². The standard InChI is InChI=1S/C32H29NO10S/c1-3-5-17-41-31(37)25(34)19-24(30(36)40-16-4-2)33-29(35)23-18-26-27(20-28(23)44(33,38)39)43-32(42-26,21-12-8-6-9-13-21)22-14-10-7-11-15-22/h4,6-15,18,20,24H,2-3,5,16-17,19H2,1H3/t24-/m0/s1. The molecule has 0 unspecified atom stereocenters. The van der Waals surface area contributed by atoms with E-state index in [1.54, 1.807) is 48.5 Å². The lowest BCUT2D eigenvalue weighted by atomic mass is 9.97. The molecule has 0 fully saturated rings. The van der Waals surface area contributed by atoms with Crippen molar-refractivity contribution in [3.63, 3.8) is 0 Å². The lowest BCUT2D eigenvalue weighted by molar-refractivity contribution is -0.156. The van der Waals surface area contributed by atoms with Gasteiger partial charge in [-0.3, -0.25) is 9.59 Å². The summed E-state index contributed by atoms with van der Waals surface area (Å²) in [7, 11) is -4.73. The maximum absolute atomic E-state index is 13.8. The van der Waals surface area contributed by atoms with Gasteiger partial charge in [0.05, 0.1) is 18.6 Å². The van der Waals surface area contributed by atoms with Crippen LogP contribution in [0.15, 0.2) is 90.3 Å². The van der Waals surface area contributed by atoms with Gasteiger partial charge >= 0.3 is 17.7 Å². The number of ketones is 1. The summed E-state index contributed by atoms with van der Waals surface area (Å²) in [5.74, 6) is -6.11. The van der Waals surface area contributed by atoms with E-state index in [1.807, 2.05) is 19.1 Å². The predicted octanol–water partition coefficient (Wildman–Crippen LogP) is 3.90. The molecule has 11 nitrogen and oxygen atoms in total. The average Bonchev–Trinajstić information content (AvgIpc) is 3.51. The molecule has 0 radical (unpaired) electrons. The number of fused-ring (bicyclic) bond motifs is 2. The molecule has 3 aromatic rings. The van der Waals surface area contributed by atoms with Crippen LogP contribution < -0.4 is 9.47 Å². The average molecular weight is 620 g/mol. The first-order valence-corrected chi connectivity index (χ1v) is 15.3. The van der Waals surface area contributed by atoms with Crippen molar-refractivity contribution in [3.8, 4) is 11.5 Å². The third kappa shape index (κ3) is 5.44. The Bertz CT molecular complexity index is 1680. The molecule has 0 spiro atoms. The molecule has 0 aliphatic carbocycles. The first-order chi connectivity index (χ1) is 21.1. The van der Waals surface area contributed by atoms with Gasteiger partial charge in [0.15, 0.2) is 17.5 Å². The SMILES string of the molecule is C=CCOC(=O)[C@H](CC(=O)C(=O)OCCCC)N1C(=O)c2cc3c(cc2S1(=O)=O)OC(c1ccccc1)(c1ccccc1)O3. The molecule has 2 aliphatic rings. The highest BCUT2D eigenvalue weighted by Crippen LogP contribution is 2.50. The largest absolute Gasteiger partial charge is 0.460 e. The minimum absolute atomic E-state index is 0.0297. The summed E-state index contributed by atoms with van der Waals surface area (Å²) in [6.45, 7) is 4.95. The zero-order valence-electron chi connectivity index (χ0n) is 23.8. The molecule has 0 saturated heterocycles. The van der Waals surface area contributed by atoms with Gasteiger partial charge in [-0.15, -0.1) is 0 Å². The molecule has 1 amide bonds. The Morgan fingerprint density at radius 1 is 0.955 bits per heavy atom. The van der Waals surface area contributed by atoms with Gasteiger partial charge in [-0.1, -0.05) is 86.7 Å². The van der Waals surface area contributed by atoms with Crippen LogP contribution in [0.2, 0.25) is 0 Å². The van der Waals surface area contributed by atoms with Crippen LogP contribution in [0, 0.1) is 0 Å². The topological polar surface area (TPSA) is 143 Å². The summed E-state index contributed by atoms with van der Waals surface area (Å²) in [5, 5.41) is 0. The number of nitrogens with zero attached hydrogens (tertiary/aromatic N) is 1. The van der Waals surface area contributed by atoms with Crippen molar-refractivity contribution in [1.29, 1.82) is 0 Å². The molecule has 5 rings (SSSR count). The van der Waals surface area contributed by atoms with E-state index < -0.39 is 56.8 Å². The van der Waals surface area contributed by atoms with Crippen molar-refractivity contribution in [2.45, 2.75) is 42.9 Å². The molecule has 1 atom stereocenters. The predicted molar refractivity (Wildman–Crippen MR) is 155 cm³/mol. The third-order valence-electron chi connectivity index (χ3n) is 7.06. The lowest BCUT2D eigenvalue weighted by Crippen LogP contribution is -2.47. The fourth-order valence-corrected chi connectivity index (χ4v) is 6.62. The van der Waals surface area contributed by atoms with E-state index in [0.29, 0.717) is 24.0 Å². The van der Waals surface area contributed by atoms with Crippen LogP contribution in [-0.4, -0.2) is 55.6 Å². The number of unbranched alkanes of at least 4 members (excludes halogenated alkanes) is 1. The Morgan fingerprint density at radius 3 is 2.11 bits per heavy atom. The normalized spacial score (nSPS) is 16.1. The number of benzene rings is 3. The first-order valence-electron chi connectivity index (χ1n) is 13.9. The lowest BCUT2D eigenvalue weighted by Gasteiger charge is -2.28. The molecule has 2 aliphatic heterocycles. The molecule has 0 N–H and O–H groups in total. The second-order valence-electron chi connectivity index (χ2n) is 10.0. The molecular weight excluding hydrogens is 590 g/mol. The monoisotopic (exact) mass is 619 g/mol. The smallest absolute Gasteiger partial charge is 0.374 e. The summed E-state index contributed by atoms with van der Waals surface area (Å²) >= 11 is 0. The van der Waals surface area contributed by atoms with Crippen molar-refractivity contribution < 1.29 is 46.5 Å². The molecule has 3 aromatic carbocycles. The molecule has 0 aromatic heterocycles. The minimum atomic E-state index is -4.73. The van der Waals surface area contributed by atoms with Gasteiger partial charge in [0, 0.05) is 17.2 Å². The molecule has 228 valence electrons. The number of rotatable bonds is 12. The van der Waals surface area contributed by atoms with Crippen molar-refractivity contribution in [3.05, 3.63) is 102 Å². The number of carbonyl (C=O) groups excluding carboxylic acids is 4. The number of carbonyl (C=O) groups is 4. The van der Waals surface area contributed by atoms with E-state index in [2.05, 4.69) is 6.58 Å². The highest BCUT2D eigenvalue weighted by Gasteiger charge is 2.52. The van der Waals surface area contributed by atoms with Gasteiger partial charge in [-0.05, 0) is 12.5 Å². The maximum atomic E-state index is 13.8. The molecule has 12 heteroatoms. The summed E-state index contributed by atoms with van der Waals surface area (Å²) in [6.07, 6.45) is 1.46. The van der Waals surface area contributed by atoms with E-state index in [9.17, 15) is 27.6 Å². The maximum Gasteiger partial charge on any atom is 0.374 e. The van der Waals surface area contributed by atoms with Gasteiger partial charge < -0.3 is 18.9 Å². The third-order valence-corrected chi connectivity index (χ3v) is 8.90. The van der Waals surface area contributed by atoms with Crippen LogP contribution in [-0.2, 0) is 39.7 Å².